The van der Waals surface area contributed by atoms with E-state index >= 15 is 0 Å². The lowest BCUT2D eigenvalue weighted by Crippen LogP contribution is -2.68. The second-order valence-corrected chi connectivity index (χ2v) is 12.4. The lowest BCUT2D eigenvalue weighted by molar-refractivity contribution is -0.356. The second-order valence-electron chi connectivity index (χ2n) is 12.4. The zero-order valence-corrected chi connectivity index (χ0v) is 27.7. The van der Waals surface area contributed by atoms with Gasteiger partial charge >= 0.3 is 0 Å². The number of hydrogen-bond acceptors (Lipinski definition) is 19. The molecule has 0 bridgehead atoms. The summed E-state index contributed by atoms with van der Waals surface area (Å²) in [6.45, 7) is 5.66. The number of nitrogens with one attached hydrogen (secondary N) is 1. The molecule has 49 heavy (non-hydrogen) atoms. The molecule has 3 fully saturated rings. The molecular weight excluding hydrogens is 666 g/mol. The first-order chi connectivity index (χ1) is 22.9. The van der Waals surface area contributed by atoms with Crippen LogP contribution >= 0.6 is 0 Å². The van der Waals surface area contributed by atoms with E-state index in [0.717, 1.165) is 6.92 Å². The van der Waals surface area contributed by atoms with Crippen molar-refractivity contribution in [3.05, 3.63) is 11.5 Å². The molecule has 20 nitrogen and oxygen atoms in total. The average Bonchev–Trinajstić information content (AvgIpc) is 3.04. The number of aliphatic hydroxyl groups excluding tert-OH is 11. The normalized spacial score (nSPS) is 41.9. The van der Waals surface area contributed by atoms with Crippen LogP contribution in [-0.4, -0.2) is 186 Å². The van der Waals surface area contributed by atoms with E-state index in [-0.39, 0.29) is 0 Å². The molecule has 0 aromatic heterocycles. The molecule has 0 aromatic rings. The van der Waals surface area contributed by atoms with Crippen molar-refractivity contribution in [2.24, 2.45) is 0 Å². The standard InChI is InChI=1S/C29H51NO19/c1-9(2)43-27-15(30-12(5)33)24(48-28-21(40)19(38)16(35)10(3)44-28)23(14(8-32)46-27)47-26(42)25(18(37)13(34)6-7-31)49-29-22(41)20(39)17(36)11(4)45-29/h9-11,13-17,19-24,26-29,31-32,34-42H,6-8H2,1-5H3,(H,30,33)/b25-18-/t10?,11?,13-,14?,15?,16+,17+,19?,20?,21?,22?,23+,24?,26-,27+,28-,29-/m0/s1. The Kier molecular flexibility index (Phi) is 15.4. The number of hydrogen-bond donors (Lipinski definition) is 12. The molecule has 0 aliphatic carbocycles. The summed E-state index contributed by atoms with van der Waals surface area (Å²) >= 11 is 0. The highest BCUT2D eigenvalue weighted by Gasteiger charge is 2.53. The summed E-state index contributed by atoms with van der Waals surface area (Å²) in [6.07, 6.45) is -27.7. The van der Waals surface area contributed by atoms with Gasteiger partial charge in [-0.3, -0.25) is 4.79 Å². The Morgan fingerprint density at radius 2 is 1.33 bits per heavy atom. The molecule has 12 N–H and O–H groups in total. The van der Waals surface area contributed by atoms with Crippen molar-refractivity contribution in [1.29, 1.82) is 0 Å². The van der Waals surface area contributed by atoms with E-state index in [1.807, 2.05) is 0 Å². The first kappa shape index (κ1) is 41.6. The van der Waals surface area contributed by atoms with Gasteiger partial charge in [0.2, 0.25) is 18.5 Å². The molecule has 20 heteroatoms. The van der Waals surface area contributed by atoms with Gasteiger partial charge in [-0.25, -0.2) is 0 Å². The Morgan fingerprint density at radius 3 is 1.84 bits per heavy atom. The molecule has 3 rings (SSSR count). The van der Waals surface area contributed by atoms with Gasteiger partial charge in [0.05, 0.1) is 24.9 Å². The lowest BCUT2D eigenvalue weighted by Gasteiger charge is -2.49. The van der Waals surface area contributed by atoms with Gasteiger partial charge in [0.25, 0.3) is 0 Å². The van der Waals surface area contributed by atoms with Crippen molar-refractivity contribution in [2.75, 3.05) is 13.2 Å². The predicted octanol–water partition coefficient (Wildman–Crippen LogP) is -5.09. The third-order valence-corrected chi connectivity index (χ3v) is 8.23. The van der Waals surface area contributed by atoms with Crippen LogP contribution in [0.25, 0.3) is 0 Å². The third-order valence-electron chi connectivity index (χ3n) is 8.23. The van der Waals surface area contributed by atoms with Crippen molar-refractivity contribution in [1.82, 2.24) is 5.32 Å². The molecule has 286 valence electrons. The van der Waals surface area contributed by atoms with Crippen LogP contribution in [0.4, 0.5) is 0 Å². The van der Waals surface area contributed by atoms with Gasteiger partial charge in [0.1, 0.15) is 67.1 Å². The second kappa shape index (κ2) is 18.1. The maximum absolute atomic E-state index is 12.4. The van der Waals surface area contributed by atoms with E-state index in [9.17, 15) is 61.0 Å². The molecule has 3 heterocycles. The quantitative estimate of drug-likeness (QED) is 0.0591. The van der Waals surface area contributed by atoms with Crippen molar-refractivity contribution in [3.8, 4) is 0 Å². The fourth-order valence-corrected chi connectivity index (χ4v) is 5.54. The maximum Gasteiger partial charge on any atom is 0.229 e. The number of rotatable bonds is 14. The molecule has 9 unspecified atom stereocenters. The summed E-state index contributed by atoms with van der Waals surface area (Å²) in [5.41, 5.74) is 0. The van der Waals surface area contributed by atoms with E-state index in [1.165, 1.54) is 13.8 Å². The first-order valence-corrected chi connectivity index (χ1v) is 15.9. The average molecular weight is 718 g/mol. The van der Waals surface area contributed by atoms with Crippen LogP contribution in [0.5, 0.6) is 0 Å². The van der Waals surface area contributed by atoms with E-state index in [2.05, 4.69) is 5.32 Å². The van der Waals surface area contributed by atoms with Gasteiger partial charge in [0.15, 0.2) is 24.1 Å². The van der Waals surface area contributed by atoms with Crippen LogP contribution in [0.1, 0.15) is 41.0 Å². The highest BCUT2D eigenvalue weighted by Crippen LogP contribution is 2.34. The summed E-state index contributed by atoms with van der Waals surface area (Å²) in [6, 6.07) is -1.35. The zero-order chi connectivity index (χ0) is 36.9. The summed E-state index contributed by atoms with van der Waals surface area (Å²) in [5, 5.41) is 117. The molecule has 0 radical (unpaired) electrons. The van der Waals surface area contributed by atoms with Gasteiger partial charge in [0, 0.05) is 20.0 Å². The van der Waals surface area contributed by atoms with Crippen LogP contribution in [0.2, 0.25) is 0 Å². The number of ether oxygens (including phenoxy) is 7. The van der Waals surface area contributed by atoms with Gasteiger partial charge in [-0.05, 0) is 27.7 Å². The van der Waals surface area contributed by atoms with Crippen molar-refractivity contribution in [2.45, 2.75) is 152 Å². The van der Waals surface area contributed by atoms with E-state index < -0.39 is 148 Å². The Bertz CT molecular complexity index is 1080. The van der Waals surface area contributed by atoms with Crippen LogP contribution in [0, 0.1) is 0 Å². The van der Waals surface area contributed by atoms with Gasteiger partial charge in [-0.1, -0.05) is 0 Å². The molecule has 17 atom stereocenters. The molecule has 3 saturated heterocycles. The van der Waals surface area contributed by atoms with Crippen LogP contribution in [-0.2, 0) is 38.0 Å². The van der Waals surface area contributed by atoms with Crippen molar-refractivity contribution < 1.29 is 94.1 Å². The van der Waals surface area contributed by atoms with E-state index in [0.29, 0.717) is 0 Å². The van der Waals surface area contributed by atoms with Gasteiger partial charge in [-0.2, -0.15) is 0 Å². The lowest BCUT2D eigenvalue weighted by atomic mass is 9.95. The fourth-order valence-electron chi connectivity index (χ4n) is 5.54. The van der Waals surface area contributed by atoms with Gasteiger partial charge < -0.3 is 94.6 Å². The van der Waals surface area contributed by atoms with E-state index in [1.54, 1.807) is 13.8 Å². The predicted molar refractivity (Wildman–Crippen MR) is 158 cm³/mol. The van der Waals surface area contributed by atoms with Gasteiger partial charge in [-0.15, -0.1) is 0 Å². The molecule has 3 aliphatic heterocycles. The smallest absolute Gasteiger partial charge is 0.229 e. The Hall–Kier alpha value is -1.83. The molecule has 0 spiro atoms. The van der Waals surface area contributed by atoms with Crippen LogP contribution < -0.4 is 5.32 Å². The topological polar surface area (TPSA) is 316 Å². The molecule has 0 aromatic carbocycles. The Balaban J connectivity index is 2.07. The summed E-state index contributed by atoms with van der Waals surface area (Å²) in [7, 11) is 0. The summed E-state index contributed by atoms with van der Waals surface area (Å²) < 4.78 is 40.1. The number of carbonyl (C=O) groups excluding carboxylic acids is 1. The third kappa shape index (κ3) is 9.95. The number of carbonyl (C=O) groups is 1. The largest absolute Gasteiger partial charge is 0.506 e. The monoisotopic (exact) mass is 717 g/mol. The zero-order valence-electron chi connectivity index (χ0n) is 27.7. The number of aliphatic hydroxyl groups is 11. The first-order valence-electron chi connectivity index (χ1n) is 15.9. The highest BCUT2D eigenvalue weighted by atomic mass is 16.8. The fraction of sp³-hybridized carbons (Fsp3) is 0.897. The Labute approximate surface area is 281 Å². The molecule has 0 saturated carbocycles. The summed E-state index contributed by atoms with van der Waals surface area (Å²) in [4.78, 5) is 12.4. The molecule has 3 aliphatic rings. The van der Waals surface area contributed by atoms with Crippen molar-refractivity contribution >= 4 is 5.91 Å². The van der Waals surface area contributed by atoms with E-state index in [4.69, 9.17) is 33.2 Å². The Morgan fingerprint density at radius 1 is 0.776 bits per heavy atom. The minimum Gasteiger partial charge on any atom is -0.506 e. The summed E-state index contributed by atoms with van der Waals surface area (Å²) in [5.74, 6) is -2.76. The van der Waals surface area contributed by atoms with Crippen LogP contribution in [0.15, 0.2) is 11.5 Å². The van der Waals surface area contributed by atoms with Crippen molar-refractivity contribution in [3.63, 3.8) is 0 Å². The SMILES string of the molecule is CC(=O)NC1C(O[C@@H]2OC(C)[C@@H](O)C(O)C2O)[C@H](O[C@H](O)/C(O[C@@H]2OC(C)[C@@H](O)C(O)C2O)=C(/O)[C@@H](O)CCO)C(CO)O[C@H]1OC(C)C. The number of amides is 1. The minimum atomic E-state index is -2.46. The molecule has 1 amide bonds. The minimum absolute atomic E-state index is 0.475. The van der Waals surface area contributed by atoms with Crippen LogP contribution in [0.3, 0.4) is 0 Å². The highest BCUT2D eigenvalue weighted by molar-refractivity contribution is 5.73. The molecular formula is C29H51NO19. The maximum atomic E-state index is 12.4.